The quantitative estimate of drug-likeness (QED) is 0.760. The van der Waals surface area contributed by atoms with Crippen LogP contribution in [0.2, 0.25) is 0 Å². The third kappa shape index (κ3) is 4.35. The SMILES string of the molecule is O=C(OCc1ccccc1)N1CCC(c2cccc(Br)c2)CC1. The molecule has 1 aliphatic rings. The van der Waals surface area contributed by atoms with E-state index in [1.165, 1.54) is 5.56 Å². The first-order valence-electron chi connectivity index (χ1n) is 7.93. The Morgan fingerprint density at radius 2 is 1.83 bits per heavy atom. The highest BCUT2D eigenvalue weighted by molar-refractivity contribution is 9.10. The number of hydrogen-bond acceptors (Lipinski definition) is 2. The van der Waals surface area contributed by atoms with Crippen LogP contribution >= 0.6 is 15.9 Å². The van der Waals surface area contributed by atoms with Gasteiger partial charge in [-0.1, -0.05) is 58.4 Å². The van der Waals surface area contributed by atoms with Gasteiger partial charge in [0.25, 0.3) is 0 Å². The minimum Gasteiger partial charge on any atom is -0.445 e. The number of benzene rings is 2. The van der Waals surface area contributed by atoms with Crippen molar-refractivity contribution in [3.8, 4) is 0 Å². The van der Waals surface area contributed by atoms with Crippen LogP contribution in [0, 0.1) is 0 Å². The van der Waals surface area contributed by atoms with Gasteiger partial charge in [0, 0.05) is 17.6 Å². The summed E-state index contributed by atoms with van der Waals surface area (Å²) in [4.78, 5) is 14.0. The number of ether oxygens (including phenoxy) is 1. The molecule has 0 N–H and O–H groups in total. The maximum Gasteiger partial charge on any atom is 0.410 e. The molecule has 0 aliphatic carbocycles. The molecule has 120 valence electrons. The standard InChI is InChI=1S/C19H20BrNO2/c20-18-8-4-7-17(13-18)16-9-11-21(12-10-16)19(22)23-14-15-5-2-1-3-6-15/h1-8,13,16H,9-12,14H2. The second kappa shape index (κ2) is 7.64. The van der Waals surface area contributed by atoms with E-state index in [1.807, 2.05) is 41.3 Å². The largest absolute Gasteiger partial charge is 0.445 e. The Labute approximate surface area is 145 Å². The molecule has 3 rings (SSSR count). The lowest BCUT2D eigenvalue weighted by atomic mass is 9.90. The van der Waals surface area contributed by atoms with Gasteiger partial charge in [-0.05, 0) is 42.0 Å². The molecule has 0 saturated carbocycles. The molecule has 1 heterocycles. The molecule has 0 unspecified atom stereocenters. The molecule has 1 saturated heterocycles. The summed E-state index contributed by atoms with van der Waals surface area (Å²) in [5, 5.41) is 0. The van der Waals surface area contributed by atoms with Gasteiger partial charge < -0.3 is 9.64 Å². The molecule has 1 fully saturated rings. The van der Waals surface area contributed by atoms with Crippen molar-refractivity contribution in [1.82, 2.24) is 4.90 Å². The van der Waals surface area contributed by atoms with E-state index in [4.69, 9.17) is 4.74 Å². The molecule has 0 spiro atoms. The third-order valence-corrected chi connectivity index (χ3v) is 4.77. The zero-order chi connectivity index (χ0) is 16.1. The number of carbonyl (C=O) groups excluding carboxylic acids is 1. The fourth-order valence-electron chi connectivity index (χ4n) is 2.97. The molecule has 0 radical (unpaired) electrons. The summed E-state index contributed by atoms with van der Waals surface area (Å²) in [6, 6.07) is 18.2. The first-order valence-corrected chi connectivity index (χ1v) is 8.73. The topological polar surface area (TPSA) is 29.5 Å². The Morgan fingerprint density at radius 3 is 2.52 bits per heavy atom. The van der Waals surface area contributed by atoms with Gasteiger partial charge in [-0.3, -0.25) is 0 Å². The molecule has 0 aromatic heterocycles. The van der Waals surface area contributed by atoms with Crippen molar-refractivity contribution in [3.63, 3.8) is 0 Å². The second-order valence-corrected chi connectivity index (χ2v) is 6.77. The van der Waals surface area contributed by atoms with E-state index < -0.39 is 0 Å². The van der Waals surface area contributed by atoms with Crippen LogP contribution in [0.15, 0.2) is 59.1 Å². The molecule has 2 aromatic rings. The maximum atomic E-state index is 12.2. The van der Waals surface area contributed by atoms with Crippen molar-refractivity contribution in [3.05, 3.63) is 70.2 Å². The van der Waals surface area contributed by atoms with E-state index in [9.17, 15) is 4.79 Å². The van der Waals surface area contributed by atoms with E-state index in [0.29, 0.717) is 12.5 Å². The van der Waals surface area contributed by atoms with Gasteiger partial charge in [-0.2, -0.15) is 0 Å². The molecule has 4 heteroatoms. The Kier molecular flexibility index (Phi) is 5.34. The number of hydrogen-bond donors (Lipinski definition) is 0. The van der Waals surface area contributed by atoms with E-state index in [2.05, 4.69) is 34.1 Å². The van der Waals surface area contributed by atoms with Crippen LogP contribution in [0.5, 0.6) is 0 Å². The molecule has 1 aliphatic heterocycles. The minimum atomic E-state index is -0.207. The van der Waals surface area contributed by atoms with Gasteiger partial charge in [-0.15, -0.1) is 0 Å². The smallest absolute Gasteiger partial charge is 0.410 e. The number of amides is 1. The summed E-state index contributed by atoms with van der Waals surface area (Å²) >= 11 is 3.52. The summed E-state index contributed by atoms with van der Waals surface area (Å²) in [5.74, 6) is 0.519. The molecule has 0 bridgehead atoms. The van der Waals surface area contributed by atoms with Crippen LogP contribution in [0.1, 0.15) is 29.9 Å². The highest BCUT2D eigenvalue weighted by Crippen LogP contribution is 2.29. The lowest BCUT2D eigenvalue weighted by molar-refractivity contribution is 0.0870. The summed E-state index contributed by atoms with van der Waals surface area (Å²) in [7, 11) is 0. The van der Waals surface area contributed by atoms with Crippen LogP contribution in [0.4, 0.5) is 4.79 Å². The number of carbonyl (C=O) groups is 1. The summed E-state index contributed by atoms with van der Waals surface area (Å²) in [6.45, 7) is 1.85. The number of halogens is 1. The average molecular weight is 374 g/mol. The average Bonchev–Trinajstić information content (AvgIpc) is 2.61. The Morgan fingerprint density at radius 1 is 1.09 bits per heavy atom. The van der Waals surface area contributed by atoms with Crippen molar-refractivity contribution in [2.24, 2.45) is 0 Å². The first kappa shape index (κ1) is 16.1. The number of likely N-dealkylation sites (tertiary alicyclic amines) is 1. The zero-order valence-corrected chi connectivity index (χ0v) is 14.5. The van der Waals surface area contributed by atoms with Crippen molar-refractivity contribution in [2.75, 3.05) is 13.1 Å². The van der Waals surface area contributed by atoms with Crippen LogP contribution in [0.25, 0.3) is 0 Å². The molecule has 0 atom stereocenters. The minimum absolute atomic E-state index is 0.207. The van der Waals surface area contributed by atoms with Gasteiger partial charge in [0.1, 0.15) is 6.61 Å². The first-order chi connectivity index (χ1) is 11.2. The summed E-state index contributed by atoms with van der Waals surface area (Å²) < 4.78 is 6.52. The third-order valence-electron chi connectivity index (χ3n) is 4.28. The van der Waals surface area contributed by atoms with Crippen molar-refractivity contribution in [2.45, 2.75) is 25.4 Å². The Balaban J connectivity index is 1.49. The number of piperidine rings is 1. The lowest BCUT2D eigenvalue weighted by Crippen LogP contribution is -2.38. The van der Waals surface area contributed by atoms with Gasteiger partial charge in [-0.25, -0.2) is 4.79 Å². The van der Waals surface area contributed by atoms with Crippen LogP contribution in [-0.4, -0.2) is 24.1 Å². The normalized spacial score (nSPS) is 15.4. The molecule has 2 aromatic carbocycles. The van der Waals surface area contributed by atoms with E-state index in [1.54, 1.807) is 0 Å². The molecule has 3 nitrogen and oxygen atoms in total. The van der Waals surface area contributed by atoms with Gasteiger partial charge >= 0.3 is 6.09 Å². The fraction of sp³-hybridized carbons (Fsp3) is 0.316. The zero-order valence-electron chi connectivity index (χ0n) is 13.0. The summed E-state index contributed by atoms with van der Waals surface area (Å²) in [6.07, 6.45) is 1.76. The van der Waals surface area contributed by atoms with Crippen molar-refractivity contribution >= 4 is 22.0 Å². The molecule has 1 amide bonds. The van der Waals surface area contributed by atoms with Gasteiger partial charge in [0.05, 0.1) is 0 Å². The predicted octanol–water partition coefficient (Wildman–Crippen LogP) is 4.97. The number of rotatable bonds is 3. The molecule has 23 heavy (non-hydrogen) atoms. The second-order valence-electron chi connectivity index (χ2n) is 5.86. The highest BCUT2D eigenvalue weighted by atomic mass is 79.9. The fourth-order valence-corrected chi connectivity index (χ4v) is 3.38. The predicted molar refractivity (Wildman–Crippen MR) is 94.3 cm³/mol. The van der Waals surface area contributed by atoms with Gasteiger partial charge in [0.2, 0.25) is 0 Å². The van der Waals surface area contributed by atoms with E-state index in [0.717, 1.165) is 36.0 Å². The van der Waals surface area contributed by atoms with Crippen LogP contribution < -0.4 is 0 Å². The van der Waals surface area contributed by atoms with Crippen LogP contribution in [0.3, 0.4) is 0 Å². The monoisotopic (exact) mass is 373 g/mol. The maximum absolute atomic E-state index is 12.2. The lowest BCUT2D eigenvalue weighted by Gasteiger charge is -2.31. The van der Waals surface area contributed by atoms with Crippen molar-refractivity contribution in [1.29, 1.82) is 0 Å². The number of nitrogens with zero attached hydrogens (tertiary/aromatic N) is 1. The van der Waals surface area contributed by atoms with Crippen LogP contribution in [-0.2, 0) is 11.3 Å². The van der Waals surface area contributed by atoms with E-state index in [-0.39, 0.29) is 6.09 Å². The Hall–Kier alpha value is -1.81. The Bertz CT molecular complexity index is 651. The summed E-state index contributed by atoms with van der Waals surface area (Å²) in [5.41, 5.74) is 2.36. The van der Waals surface area contributed by atoms with E-state index >= 15 is 0 Å². The van der Waals surface area contributed by atoms with Crippen molar-refractivity contribution < 1.29 is 9.53 Å². The molecular formula is C19H20BrNO2. The molecular weight excluding hydrogens is 354 g/mol. The van der Waals surface area contributed by atoms with Gasteiger partial charge in [0.15, 0.2) is 0 Å². The highest BCUT2D eigenvalue weighted by Gasteiger charge is 2.24.